The molecule has 3 aromatic rings. The number of aromatic nitrogens is 3. The van der Waals surface area contributed by atoms with E-state index in [2.05, 4.69) is 15.5 Å². The predicted octanol–water partition coefficient (Wildman–Crippen LogP) is 3.13. The zero-order chi connectivity index (χ0) is 15.8. The Morgan fingerprint density at radius 1 is 1.39 bits per heavy atom. The van der Waals surface area contributed by atoms with Crippen molar-refractivity contribution in [1.82, 2.24) is 14.8 Å². The lowest BCUT2D eigenvalue weighted by atomic mass is 10.1. The highest BCUT2D eigenvalue weighted by molar-refractivity contribution is 7.15. The second-order valence-corrected chi connectivity index (χ2v) is 6.61. The van der Waals surface area contributed by atoms with Crippen molar-refractivity contribution in [2.24, 2.45) is 7.05 Å². The van der Waals surface area contributed by atoms with Crippen LogP contribution in [0.1, 0.15) is 34.3 Å². The van der Waals surface area contributed by atoms with Crippen molar-refractivity contribution in [1.29, 1.82) is 0 Å². The molecule has 1 amide bonds. The highest BCUT2D eigenvalue weighted by Crippen LogP contribution is 2.32. The van der Waals surface area contributed by atoms with Crippen molar-refractivity contribution in [2.75, 3.05) is 11.9 Å². The van der Waals surface area contributed by atoms with Crippen LogP contribution in [0.5, 0.6) is 0 Å². The fourth-order valence-electron chi connectivity index (χ4n) is 2.76. The maximum absolute atomic E-state index is 12.4. The van der Waals surface area contributed by atoms with Gasteiger partial charge < -0.3 is 9.30 Å². The molecular formula is C16H16N4O2S. The molecular weight excluding hydrogens is 312 g/mol. The molecule has 2 aromatic heterocycles. The molecule has 0 radical (unpaired) electrons. The molecule has 7 heteroatoms. The Morgan fingerprint density at radius 3 is 3.13 bits per heavy atom. The smallest absolute Gasteiger partial charge is 0.257 e. The number of nitrogens with zero attached hydrogens (tertiary/aromatic N) is 3. The number of rotatable bonds is 3. The summed E-state index contributed by atoms with van der Waals surface area (Å²) in [6.45, 7) is 0.766. The van der Waals surface area contributed by atoms with Crippen LogP contribution >= 0.6 is 11.3 Å². The van der Waals surface area contributed by atoms with Gasteiger partial charge in [-0.15, -0.1) is 10.2 Å². The second kappa shape index (κ2) is 5.75. The lowest BCUT2D eigenvalue weighted by Crippen LogP contribution is -2.11. The molecule has 6 nitrogen and oxygen atoms in total. The first-order chi connectivity index (χ1) is 11.2. The Bertz CT molecular complexity index is 864. The first kappa shape index (κ1) is 14.3. The van der Waals surface area contributed by atoms with Crippen molar-refractivity contribution < 1.29 is 9.53 Å². The van der Waals surface area contributed by atoms with Crippen LogP contribution in [0.4, 0.5) is 5.13 Å². The van der Waals surface area contributed by atoms with Gasteiger partial charge in [-0.1, -0.05) is 17.4 Å². The van der Waals surface area contributed by atoms with Crippen LogP contribution in [-0.2, 0) is 11.8 Å². The van der Waals surface area contributed by atoms with Gasteiger partial charge in [-0.3, -0.25) is 10.1 Å². The third-order valence-corrected chi connectivity index (χ3v) is 4.95. The molecule has 118 valence electrons. The molecule has 1 aliphatic heterocycles. The minimum atomic E-state index is -0.178. The Morgan fingerprint density at radius 2 is 2.30 bits per heavy atom. The third kappa shape index (κ3) is 2.73. The van der Waals surface area contributed by atoms with Gasteiger partial charge in [0.25, 0.3) is 5.91 Å². The van der Waals surface area contributed by atoms with E-state index in [1.165, 1.54) is 11.3 Å². The van der Waals surface area contributed by atoms with Gasteiger partial charge in [-0.2, -0.15) is 0 Å². The maximum atomic E-state index is 12.4. The van der Waals surface area contributed by atoms with Crippen molar-refractivity contribution in [3.8, 4) is 0 Å². The molecule has 23 heavy (non-hydrogen) atoms. The number of hydrogen-bond acceptors (Lipinski definition) is 5. The van der Waals surface area contributed by atoms with Gasteiger partial charge in [0.05, 0.1) is 0 Å². The number of aryl methyl sites for hydroxylation is 1. The van der Waals surface area contributed by atoms with Crippen LogP contribution < -0.4 is 5.32 Å². The summed E-state index contributed by atoms with van der Waals surface area (Å²) in [5.74, 6) is -0.178. The summed E-state index contributed by atoms with van der Waals surface area (Å²) in [6.07, 6.45) is 4.01. The summed E-state index contributed by atoms with van der Waals surface area (Å²) in [6, 6.07) is 7.67. The van der Waals surface area contributed by atoms with Gasteiger partial charge in [0.15, 0.2) is 0 Å². The summed E-state index contributed by atoms with van der Waals surface area (Å²) in [7, 11) is 1.96. The van der Waals surface area contributed by atoms with Crippen LogP contribution in [0.2, 0.25) is 0 Å². The summed E-state index contributed by atoms with van der Waals surface area (Å²) in [5.41, 5.74) is 1.63. The Hall–Kier alpha value is -2.25. The normalized spacial score (nSPS) is 17.7. The molecule has 4 rings (SSSR count). The van der Waals surface area contributed by atoms with Crippen LogP contribution in [0.25, 0.3) is 10.9 Å². The first-order valence-electron chi connectivity index (χ1n) is 7.52. The van der Waals surface area contributed by atoms with E-state index in [9.17, 15) is 4.79 Å². The molecule has 1 aliphatic rings. The van der Waals surface area contributed by atoms with Crippen LogP contribution in [-0.4, -0.2) is 27.3 Å². The minimum absolute atomic E-state index is 0.0258. The largest absolute Gasteiger partial charge is 0.371 e. The van der Waals surface area contributed by atoms with Crippen molar-refractivity contribution in [2.45, 2.75) is 18.9 Å². The number of carbonyl (C=O) groups is 1. The molecule has 1 N–H and O–H groups in total. The van der Waals surface area contributed by atoms with Crippen molar-refractivity contribution >= 4 is 33.3 Å². The number of benzene rings is 1. The van der Waals surface area contributed by atoms with E-state index in [0.717, 1.165) is 35.4 Å². The second-order valence-electron chi connectivity index (χ2n) is 5.60. The Kier molecular flexibility index (Phi) is 3.59. The number of anilines is 1. The number of fused-ring (bicyclic) bond motifs is 1. The van der Waals surface area contributed by atoms with Gasteiger partial charge in [0, 0.05) is 30.9 Å². The minimum Gasteiger partial charge on any atom is -0.371 e. The van der Waals surface area contributed by atoms with Crippen molar-refractivity contribution in [3.63, 3.8) is 0 Å². The Balaban J connectivity index is 1.53. The molecule has 0 bridgehead atoms. The number of carbonyl (C=O) groups excluding carboxylic acids is 1. The van der Waals surface area contributed by atoms with Gasteiger partial charge in [-0.25, -0.2) is 0 Å². The summed E-state index contributed by atoms with van der Waals surface area (Å²) in [5, 5.41) is 13.4. The van der Waals surface area contributed by atoms with Gasteiger partial charge in [-0.05, 0) is 36.4 Å². The zero-order valence-corrected chi connectivity index (χ0v) is 13.5. The summed E-state index contributed by atoms with van der Waals surface area (Å²) < 4.78 is 7.58. The molecule has 3 heterocycles. The van der Waals surface area contributed by atoms with Crippen LogP contribution in [0.3, 0.4) is 0 Å². The number of amides is 1. The monoisotopic (exact) mass is 328 g/mol. The topological polar surface area (TPSA) is 69.0 Å². The average molecular weight is 328 g/mol. The summed E-state index contributed by atoms with van der Waals surface area (Å²) in [4.78, 5) is 12.4. The van der Waals surface area contributed by atoms with E-state index in [1.54, 1.807) is 0 Å². The predicted molar refractivity (Wildman–Crippen MR) is 88.7 cm³/mol. The van der Waals surface area contributed by atoms with E-state index in [1.807, 2.05) is 42.1 Å². The third-order valence-electron chi connectivity index (χ3n) is 4.02. The first-order valence-corrected chi connectivity index (χ1v) is 8.34. The van der Waals surface area contributed by atoms with Gasteiger partial charge in [0.1, 0.15) is 11.1 Å². The Labute approximate surface area is 137 Å². The van der Waals surface area contributed by atoms with Crippen molar-refractivity contribution in [3.05, 3.63) is 41.0 Å². The van der Waals surface area contributed by atoms with Crippen LogP contribution in [0.15, 0.2) is 30.5 Å². The summed E-state index contributed by atoms with van der Waals surface area (Å²) >= 11 is 1.38. The van der Waals surface area contributed by atoms with E-state index >= 15 is 0 Å². The molecule has 0 unspecified atom stereocenters. The fraction of sp³-hybridized carbons (Fsp3) is 0.312. The molecule has 0 aliphatic carbocycles. The molecule has 1 saturated heterocycles. The van der Waals surface area contributed by atoms with Gasteiger partial charge >= 0.3 is 0 Å². The van der Waals surface area contributed by atoms with E-state index < -0.39 is 0 Å². The molecule has 0 saturated carbocycles. The van der Waals surface area contributed by atoms with E-state index in [-0.39, 0.29) is 12.0 Å². The standard InChI is InChI=1S/C16H16N4O2S/c1-20-7-6-10-4-5-11(9-12(10)20)14(21)17-16-19-18-15(23-16)13-3-2-8-22-13/h4-7,9,13H,2-3,8H2,1H3,(H,17,19,21)/t13-/m0/s1. The highest BCUT2D eigenvalue weighted by atomic mass is 32.1. The van der Waals surface area contributed by atoms with Gasteiger partial charge in [0.2, 0.25) is 5.13 Å². The number of nitrogens with one attached hydrogen (secondary N) is 1. The number of hydrogen-bond donors (Lipinski definition) is 1. The SMILES string of the molecule is Cn1ccc2ccc(C(=O)Nc3nnc([C@@H]4CCCO4)s3)cc21. The quantitative estimate of drug-likeness (QED) is 0.802. The molecule has 1 atom stereocenters. The lowest BCUT2D eigenvalue weighted by Gasteiger charge is -2.03. The van der Waals surface area contributed by atoms with E-state index in [4.69, 9.17) is 4.74 Å². The molecule has 1 aromatic carbocycles. The molecule has 1 fully saturated rings. The maximum Gasteiger partial charge on any atom is 0.257 e. The van der Waals surface area contributed by atoms with Crippen LogP contribution in [0, 0.1) is 0 Å². The zero-order valence-electron chi connectivity index (χ0n) is 12.7. The molecule has 0 spiro atoms. The lowest BCUT2D eigenvalue weighted by molar-refractivity contribution is 0.102. The fourth-order valence-corrected chi connectivity index (χ4v) is 3.58. The number of ether oxygens (including phenoxy) is 1. The average Bonchev–Trinajstić information content (AvgIpc) is 3.28. The van der Waals surface area contributed by atoms with E-state index in [0.29, 0.717) is 10.7 Å². The highest BCUT2D eigenvalue weighted by Gasteiger charge is 2.22.